The minimum absolute atomic E-state index is 0.0726. The van der Waals surface area contributed by atoms with Gasteiger partial charge in [0, 0.05) is 56.7 Å². The summed E-state index contributed by atoms with van der Waals surface area (Å²) in [6.45, 7) is 1.97. The fourth-order valence-electron chi connectivity index (χ4n) is 7.94. The van der Waals surface area contributed by atoms with E-state index < -0.39 is 21.2 Å². The predicted molar refractivity (Wildman–Crippen MR) is 184 cm³/mol. The number of carbonyl (C=O) groups is 2. The lowest BCUT2D eigenvalue weighted by Gasteiger charge is -2.46. The molecule has 6 rings (SSSR count). The molecule has 2 aliphatic heterocycles. The largest absolute Gasteiger partial charge is 0.490 e. The van der Waals surface area contributed by atoms with Gasteiger partial charge < -0.3 is 19.3 Å². The maximum atomic E-state index is 13.7. The van der Waals surface area contributed by atoms with Crippen molar-refractivity contribution in [1.29, 1.82) is 0 Å². The molecule has 2 aromatic carbocycles. The highest BCUT2D eigenvalue weighted by Crippen LogP contribution is 2.47. The third-order valence-corrected chi connectivity index (χ3v) is 12.8. The van der Waals surface area contributed by atoms with Crippen molar-refractivity contribution >= 4 is 39.1 Å². The van der Waals surface area contributed by atoms with E-state index in [9.17, 15) is 18.0 Å². The highest BCUT2D eigenvalue weighted by Gasteiger charge is 2.44. The van der Waals surface area contributed by atoms with Crippen LogP contribution in [-0.4, -0.2) is 77.4 Å². The molecule has 1 spiro atoms. The minimum Gasteiger partial charge on any atom is -0.490 e. The standard InChI is InChI=1S/C36H46ClN3O6S/c1-39(2)34(41)17-13-28-8-4-5-9-32(45-3)29-14-10-26(29)21-40-22-36(18-6-7-24-19-27(37)12-15-30(24)36)23-46-33-16-11-25(20-31(33)40)35(42)38-47(28,43)44/h5,9,11-12,15-16,19-20,26,28-29,32H,4,6-8,10,13-14,17-18,21-23H2,1-3H3,(H,38,42)/b9-5+/t26-,28-,29+,32-,36-/m0/s1. The Bertz CT molecular complexity index is 1640. The number of rotatable bonds is 4. The Labute approximate surface area is 283 Å². The smallest absolute Gasteiger partial charge is 0.264 e. The van der Waals surface area contributed by atoms with Crippen LogP contribution in [0.4, 0.5) is 5.69 Å². The fourth-order valence-corrected chi connectivity index (χ4v) is 9.55. The van der Waals surface area contributed by atoms with Crippen molar-refractivity contribution in [1.82, 2.24) is 9.62 Å². The topological polar surface area (TPSA) is 105 Å². The third kappa shape index (κ3) is 7.06. The first-order valence-electron chi connectivity index (χ1n) is 16.8. The molecule has 1 saturated carbocycles. The average molecular weight is 684 g/mol. The minimum atomic E-state index is -4.09. The van der Waals surface area contributed by atoms with Gasteiger partial charge >= 0.3 is 0 Å². The number of allylic oxidation sites excluding steroid dienone is 1. The van der Waals surface area contributed by atoms with Crippen molar-refractivity contribution < 1.29 is 27.5 Å². The van der Waals surface area contributed by atoms with Crippen molar-refractivity contribution in [3.8, 4) is 5.75 Å². The van der Waals surface area contributed by atoms with E-state index in [0.29, 0.717) is 37.2 Å². The van der Waals surface area contributed by atoms with Gasteiger partial charge in [0.05, 0.1) is 23.6 Å². The number of amides is 2. The number of benzene rings is 2. The molecule has 4 aliphatic rings. The first kappa shape index (κ1) is 33.8. The molecule has 11 heteroatoms. The Morgan fingerprint density at radius 1 is 1.17 bits per heavy atom. The maximum Gasteiger partial charge on any atom is 0.264 e. The maximum absolute atomic E-state index is 13.7. The summed E-state index contributed by atoms with van der Waals surface area (Å²) >= 11 is 6.42. The molecule has 2 aromatic rings. The van der Waals surface area contributed by atoms with E-state index in [1.54, 1.807) is 39.4 Å². The molecule has 1 N–H and O–H groups in total. The molecule has 0 radical (unpaired) electrons. The second-order valence-electron chi connectivity index (χ2n) is 13.9. The summed E-state index contributed by atoms with van der Waals surface area (Å²) in [5, 5.41) is -0.178. The number of carbonyl (C=O) groups excluding carboxylic acids is 2. The van der Waals surface area contributed by atoms with Crippen LogP contribution in [0.15, 0.2) is 48.6 Å². The Hall–Kier alpha value is -3.08. The van der Waals surface area contributed by atoms with Gasteiger partial charge in [-0.05, 0) is 105 Å². The third-order valence-electron chi connectivity index (χ3n) is 10.8. The molecule has 2 aliphatic carbocycles. The molecule has 1 fully saturated rings. The second kappa shape index (κ2) is 13.8. The number of ether oxygens (including phenoxy) is 2. The van der Waals surface area contributed by atoms with Crippen LogP contribution < -0.4 is 14.4 Å². The molecule has 0 saturated heterocycles. The molecule has 2 heterocycles. The fraction of sp³-hybridized carbons (Fsp3) is 0.556. The molecule has 0 aromatic heterocycles. The van der Waals surface area contributed by atoms with Gasteiger partial charge in [-0.15, -0.1) is 0 Å². The van der Waals surface area contributed by atoms with Gasteiger partial charge in [0.1, 0.15) is 5.75 Å². The van der Waals surface area contributed by atoms with Crippen LogP contribution in [0.3, 0.4) is 0 Å². The van der Waals surface area contributed by atoms with E-state index >= 15 is 0 Å². The summed E-state index contributed by atoms with van der Waals surface area (Å²) < 4.78 is 42.2. The number of hydrogen-bond donors (Lipinski definition) is 1. The monoisotopic (exact) mass is 683 g/mol. The summed E-state index contributed by atoms with van der Waals surface area (Å²) in [6, 6.07) is 11.4. The number of anilines is 1. The van der Waals surface area contributed by atoms with E-state index in [4.69, 9.17) is 21.1 Å². The van der Waals surface area contributed by atoms with Gasteiger partial charge in [0.15, 0.2) is 0 Å². The number of hydrogen-bond acceptors (Lipinski definition) is 7. The molecular weight excluding hydrogens is 638 g/mol. The van der Waals surface area contributed by atoms with E-state index in [1.165, 1.54) is 16.0 Å². The predicted octanol–water partition coefficient (Wildman–Crippen LogP) is 5.50. The number of nitrogens with zero attached hydrogens (tertiary/aromatic N) is 2. The van der Waals surface area contributed by atoms with Crippen molar-refractivity contribution in [3.63, 3.8) is 0 Å². The number of halogens is 1. The number of nitrogens with one attached hydrogen (secondary N) is 1. The van der Waals surface area contributed by atoms with Gasteiger partial charge in [-0.25, -0.2) is 13.1 Å². The van der Waals surface area contributed by atoms with Crippen LogP contribution in [0.2, 0.25) is 5.02 Å². The van der Waals surface area contributed by atoms with Crippen LogP contribution in [0, 0.1) is 11.8 Å². The molecule has 2 amide bonds. The van der Waals surface area contributed by atoms with Crippen LogP contribution in [-0.2, 0) is 31.4 Å². The van der Waals surface area contributed by atoms with E-state index in [-0.39, 0.29) is 42.3 Å². The molecule has 5 atom stereocenters. The average Bonchev–Trinajstić information content (AvgIpc) is 3.17. The van der Waals surface area contributed by atoms with Crippen LogP contribution in [0.1, 0.15) is 72.9 Å². The summed E-state index contributed by atoms with van der Waals surface area (Å²) in [6.07, 6.45) is 10.0. The number of methoxy groups -OCH3 is 1. The molecule has 0 unspecified atom stereocenters. The molecule has 254 valence electrons. The van der Waals surface area contributed by atoms with Crippen LogP contribution in [0.5, 0.6) is 5.75 Å². The molecular formula is C36H46ClN3O6S. The van der Waals surface area contributed by atoms with Crippen LogP contribution >= 0.6 is 11.6 Å². The van der Waals surface area contributed by atoms with Gasteiger partial charge in [0.25, 0.3) is 5.91 Å². The Balaban J connectivity index is 1.38. The number of fused-ring (bicyclic) bond motifs is 4. The normalized spacial score (nSPS) is 29.3. The SMILES string of the molecule is CO[C@H]1/C=C/CC[C@@H](CCC(=O)N(C)C)S(=O)(=O)NC(=O)c2ccc3c(c2)N(C[C@@H]2CC[C@H]21)C[C@@]1(CCCc2cc(Cl)ccc21)CO3. The van der Waals surface area contributed by atoms with Gasteiger partial charge in [-0.1, -0.05) is 29.8 Å². The molecule has 47 heavy (non-hydrogen) atoms. The zero-order valence-corrected chi connectivity index (χ0v) is 29.1. The summed E-state index contributed by atoms with van der Waals surface area (Å²) in [5.74, 6) is 0.529. The Morgan fingerprint density at radius 2 is 2.00 bits per heavy atom. The van der Waals surface area contributed by atoms with Crippen LogP contribution in [0.25, 0.3) is 0 Å². The highest BCUT2D eigenvalue weighted by atomic mass is 35.5. The van der Waals surface area contributed by atoms with Gasteiger partial charge in [-0.2, -0.15) is 0 Å². The molecule has 2 bridgehead atoms. The summed E-state index contributed by atoms with van der Waals surface area (Å²) in [5.41, 5.74) is 3.30. The first-order chi connectivity index (χ1) is 22.5. The lowest BCUT2D eigenvalue weighted by Crippen LogP contribution is -2.49. The first-order valence-corrected chi connectivity index (χ1v) is 18.7. The van der Waals surface area contributed by atoms with E-state index in [0.717, 1.165) is 49.4 Å². The zero-order valence-electron chi connectivity index (χ0n) is 27.5. The van der Waals surface area contributed by atoms with Gasteiger partial charge in [0.2, 0.25) is 15.9 Å². The van der Waals surface area contributed by atoms with Gasteiger partial charge in [-0.3, -0.25) is 9.59 Å². The highest BCUT2D eigenvalue weighted by molar-refractivity contribution is 7.90. The van der Waals surface area contributed by atoms with Crippen molar-refractivity contribution in [3.05, 3.63) is 70.3 Å². The van der Waals surface area contributed by atoms with Crippen molar-refractivity contribution in [2.24, 2.45) is 11.8 Å². The lowest BCUT2D eigenvalue weighted by molar-refractivity contribution is -0.128. The molecule has 9 nitrogen and oxygen atoms in total. The lowest BCUT2D eigenvalue weighted by atomic mass is 9.68. The quantitative estimate of drug-likeness (QED) is 0.425. The number of sulfonamides is 1. The Kier molecular flexibility index (Phi) is 9.93. The van der Waals surface area contributed by atoms with E-state index in [1.807, 2.05) is 12.1 Å². The summed E-state index contributed by atoms with van der Waals surface area (Å²) in [4.78, 5) is 29.8. The zero-order chi connectivity index (χ0) is 33.3. The summed E-state index contributed by atoms with van der Waals surface area (Å²) in [7, 11) is 0.940. The van der Waals surface area contributed by atoms with E-state index in [2.05, 4.69) is 27.8 Å². The Morgan fingerprint density at radius 3 is 2.74 bits per heavy atom. The van der Waals surface area contributed by atoms with Crippen molar-refractivity contribution in [2.45, 2.75) is 74.6 Å². The van der Waals surface area contributed by atoms with Crippen molar-refractivity contribution in [2.75, 3.05) is 45.8 Å². The number of aryl methyl sites for hydroxylation is 1. The second-order valence-corrected chi connectivity index (χ2v) is 16.3.